The third kappa shape index (κ3) is 6.26. The van der Waals surface area contributed by atoms with Crippen LogP contribution in [0.1, 0.15) is 20.3 Å². The van der Waals surface area contributed by atoms with Gasteiger partial charge in [0.15, 0.2) is 0 Å². The highest BCUT2D eigenvalue weighted by molar-refractivity contribution is 7.86. The van der Waals surface area contributed by atoms with E-state index in [1.54, 1.807) is 0 Å². The topological polar surface area (TPSA) is 122 Å². The molecule has 0 radical (unpaired) electrons. The van der Waals surface area contributed by atoms with Crippen LogP contribution in [0.15, 0.2) is 5.16 Å². The van der Waals surface area contributed by atoms with Gasteiger partial charge in [-0.05, 0) is 5.92 Å². The van der Waals surface area contributed by atoms with Crippen LogP contribution in [0.3, 0.4) is 0 Å². The molecule has 0 unspecified atom stereocenters. The van der Waals surface area contributed by atoms with Gasteiger partial charge in [0.1, 0.15) is 5.84 Å². The lowest BCUT2D eigenvalue weighted by Gasteiger charge is -2.20. The molecule has 0 aromatic rings. The van der Waals surface area contributed by atoms with Crippen LogP contribution in [0.5, 0.6) is 0 Å². The Bertz CT molecular complexity index is 312. The van der Waals surface area contributed by atoms with Crippen molar-refractivity contribution in [2.75, 3.05) is 13.1 Å². The molecule has 90 valence electrons. The lowest BCUT2D eigenvalue weighted by Crippen LogP contribution is -2.40. The fraction of sp³-hybridized carbons (Fsp3) is 0.857. The zero-order valence-corrected chi connectivity index (χ0v) is 9.74. The van der Waals surface area contributed by atoms with Crippen molar-refractivity contribution >= 4 is 16.0 Å². The van der Waals surface area contributed by atoms with E-state index >= 15 is 0 Å². The summed E-state index contributed by atoms with van der Waals surface area (Å²) in [6, 6.07) is 0. The number of oxime groups is 1. The summed E-state index contributed by atoms with van der Waals surface area (Å²) in [4.78, 5) is 0. The third-order valence-electron chi connectivity index (χ3n) is 1.67. The standard InChI is InChI=1S/C7H18N4O3S/c1-6(2)5-11(15(9,13)14)4-3-7(8)10-12/h6,12H,3-5H2,1-2H3,(H2,8,10)(H2,9,13,14). The Kier molecular flexibility index (Phi) is 5.55. The van der Waals surface area contributed by atoms with Gasteiger partial charge in [-0.2, -0.15) is 12.7 Å². The molecule has 0 heterocycles. The van der Waals surface area contributed by atoms with Gasteiger partial charge >= 0.3 is 0 Å². The summed E-state index contributed by atoms with van der Waals surface area (Å²) in [5, 5.41) is 16.1. The summed E-state index contributed by atoms with van der Waals surface area (Å²) in [6.45, 7) is 4.19. The Labute approximate surface area is 89.9 Å². The average Bonchev–Trinajstić information content (AvgIpc) is 2.09. The van der Waals surface area contributed by atoms with Crippen LogP contribution in [0.2, 0.25) is 0 Å². The van der Waals surface area contributed by atoms with E-state index in [9.17, 15) is 8.42 Å². The first-order valence-electron chi connectivity index (χ1n) is 4.51. The van der Waals surface area contributed by atoms with Crippen LogP contribution in [0, 0.1) is 5.92 Å². The predicted octanol–water partition coefficient (Wildman–Crippen LogP) is -0.716. The molecule has 0 aromatic heterocycles. The second-order valence-electron chi connectivity index (χ2n) is 3.64. The smallest absolute Gasteiger partial charge is 0.276 e. The van der Waals surface area contributed by atoms with Crippen LogP contribution in [0.4, 0.5) is 0 Å². The molecule has 0 atom stereocenters. The molecule has 5 N–H and O–H groups in total. The minimum Gasteiger partial charge on any atom is -0.409 e. The van der Waals surface area contributed by atoms with E-state index in [4.69, 9.17) is 16.1 Å². The van der Waals surface area contributed by atoms with Crippen LogP contribution in [-0.4, -0.2) is 36.9 Å². The SMILES string of the molecule is CC(C)CN(CCC(N)=NO)S(N)(=O)=O. The van der Waals surface area contributed by atoms with E-state index in [1.165, 1.54) is 0 Å². The first-order valence-corrected chi connectivity index (χ1v) is 6.02. The maximum atomic E-state index is 11.1. The molecule has 15 heavy (non-hydrogen) atoms. The van der Waals surface area contributed by atoms with E-state index in [0.717, 1.165) is 4.31 Å². The van der Waals surface area contributed by atoms with Gasteiger partial charge in [0.05, 0.1) is 0 Å². The Morgan fingerprint density at radius 1 is 1.53 bits per heavy atom. The van der Waals surface area contributed by atoms with Gasteiger partial charge in [0.2, 0.25) is 0 Å². The van der Waals surface area contributed by atoms with Crippen LogP contribution < -0.4 is 10.9 Å². The van der Waals surface area contributed by atoms with Gasteiger partial charge < -0.3 is 10.9 Å². The molecule has 0 aromatic carbocycles. The van der Waals surface area contributed by atoms with Crippen molar-refractivity contribution in [3.63, 3.8) is 0 Å². The average molecular weight is 238 g/mol. The number of rotatable bonds is 6. The normalized spacial score (nSPS) is 13.8. The summed E-state index contributed by atoms with van der Waals surface area (Å²) >= 11 is 0. The number of amidine groups is 1. The maximum absolute atomic E-state index is 11.1. The molecular formula is C7H18N4O3S. The molecule has 0 fully saturated rings. The van der Waals surface area contributed by atoms with E-state index in [-0.39, 0.29) is 24.7 Å². The quantitative estimate of drug-likeness (QED) is 0.245. The summed E-state index contributed by atoms with van der Waals surface area (Å²) in [5.41, 5.74) is 5.23. The zero-order valence-electron chi connectivity index (χ0n) is 8.92. The highest BCUT2D eigenvalue weighted by Crippen LogP contribution is 2.03. The molecular weight excluding hydrogens is 220 g/mol. The molecule has 0 aliphatic heterocycles. The van der Waals surface area contributed by atoms with Gasteiger partial charge in [0.25, 0.3) is 10.2 Å². The van der Waals surface area contributed by atoms with E-state index < -0.39 is 10.2 Å². The van der Waals surface area contributed by atoms with Crippen LogP contribution >= 0.6 is 0 Å². The molecule has 0 amide bonds. The van der Waals surface area contributed by atoms with Crippen molar-refractivity contribution < 1.29 is 13.6 Å². The van der Waals surface area contributed by atoms with E-state index in [0.29, 0.717) is 6.54 Å². The minimum atomic E-state index is -3.72. The Morgan fingerprint density at radius 3 is 2.40 bits per heavy atom. The van der Waals surface area contributed by atoms with Crippen molar-refractivity contribution in [3.05, 3.63) is 0 Å². The van der Waals surface area contributed by atoms with Crippen LogP contribution in [0.25, 0.3) is 0 Å². The number of nitrogens with zero attached hydrogens (tertiary/aromatic N) is 2. The van der Waals surface area contributed by atoms with Crippen molar-refractivity contribution in [2.24, 2.45) is 21.9 Å². The second-order valence-corrected chi connectivity index (χ2v) is 5.18. The van der Waals surface area contributed by atoms with Gasteiger partial charge in [0, 0.05) is 19.5 Å². The number of hydrogen-bond acceptors (Lipinski definition) is 4. The molecule has 7 nitrogen and oxygen atoms in total. The fourth-order valence-electron chi connectivity index (χ4n) is 1.02. The van der Waals surface area contributed by atoms with Crippen molar-refractivity contribution in [3.8, 4) is 0 Å². The monoisotopic (exact) mass is 238 g/mol. The second kappa shape index (κ2) is 5.89. The van der Waals surface area contributed by atoms with E-state index in [2.05, 4.69) is 5.16 Å². The molecule has 0 saturated heterocycles. The summed E-state index contributed by atoms with van der Waals surface area (Å²) in [5.74, 6) is 0.142. The molecule has 0 rings (SSSR count). The van der Waals surface area contributed by atoms with Crippen molar-refractivity contribution in [1.29, 1.82) is 0 Å². The van der Waals surface area contributed by atoms with Crippen molar-refractivity contribution in [2.45, 2.75) is 20.3 Å². The highest BCUT2D eigenvalue weighted by atomic mass is 32.2. The lowest BCUT2D eigenvalue weighted by atomic mass is 10.2. The highest BCUT2D eigenvalue weighted by Gasteiger charge is 2.18. The van der Waals surface area contributed by atoms with Crippen molar-refractivity contribution in [1.82, 2.24) is 4.31 Å². The fourth-order valence-corrected chi connectivity index (χ4v) is 1.87. The molecule has 0 aliphatic rings. The first-order chi connectivity index (χ1) is 6.77. The lowest BCUT2D eigenvalue weighted by molar-refractivity contribution is 0.314. The Balaban J connectivity index is 4.40. The molecule has 8 heteroatoms. The third-order valence-corrected chi connectivity index (χ3v) is 2.73. The Hall–Kier alpha value is -0.860. The first kappa shape index (κ1) is 14.1. The Morgan fingerprint density at radius 2 is 2.07 bits per heavy atom. The number of nitrogens with two attached hydrogens (primary N) is 2. The van der Waals surface area contributed by atoms with Gasteiger partial charge in [-0.25, -0.2) is 5.14 Å². The molecule has 0 saturated carbocycles. The molecule has 0 bridgehead atoms. The largest absolute Gasteiger partial charge is 0.409 e. The van der Waals surface area contributed by atoms with Gasteiger partial charge in [-0.15, -0.1) is 0 Å². The predicted molar refractivity (Wildman–Crippen MR) is 57.5 cm³/mol. The maximum Gasteiger partial charge on any atom is 0.276 e. The summed E-state index contributed by atoms with van der Waals surface area (Å²) in [7, 11) is -3.72. The molecule has 0 aliphatic carbocycles. The zero-order chi connectivity index (χ0) is 12.1. The molecule has 0 spiro atoms. The number of hydrogen-bond donors (Lipinski definition) is 3. The van der Waals surface area contributed by atoms with Crippen LogP contribution in [-0.2, 0) is 10.2 Å². The summed E-state index contributed by atoms with van der Waals surface area (Å²) in [6.07, 6.45) is 0.152. The van der Waals surface area contributed by atoms with Gasteiger partial charge in [-0.1, -0.05) is 19.0 Å². The summed E-state index contributed by atoms with van der Waals surface area (Å²) < 4.78 is 23.4. The minimum absolute atomic E-state index is 0.0209. The van der Waals surface area contributed by atoms with Gasteiger partial charge in [-0.3, -0.25) is 0 Å². The van der Waals surface area contributed by atoms with E-state index in [1.807, 2.05) is 13.8 Å².